The number of carboxylic acids is 3. The average molecular weight is 327 g/mol. The van der Waals surface area contributed by atoms with E-state index in [1.807, 2.05) is 20.8 Å². The zero-order chi connectivity index (χ0) is 18.6. The molecule has 0 aliphatic carbocycles. The standard InChI is InChI=1S/C6H8O7.3C2H7N/c7-4(8)1-3(6(11)12)13-2-5(9)10;3*1-2-3/h3H,1-2H2,(H,7,8)(H,9,10)(H,11,12);3*2-3H2,1H3. The van der Waals surface area contributed by atoms with Gasteiger partial charge in [0.25, 0.3) is 0 Å². The first-order valence-corrected chi connectivity index (χ1v) is 6.56. The van der Waals surface area contributed by atoms with E-state index in [1.165, 1.54) is 0 Å². The molecule has 0 radical (unpaired) electrons. The third kappa shape index (κ3) is 42.9. The molecule has 10 heteroatoms. The maximum atomic E-state index is 10.3. The van der Waals surface area contributed by atoms with Crippen LogP contribution in [0.15, 0.2) is 0 Å². The average Bonchev–Trinajstić information content (AvgIpc) is 2.36. The van der Waals surface area contributed by atoms with Crippen LogP contribution in [0.1, 0.15) is 27.2 Å². The summed E-state index contributed by atoms with van der Waals surface area (Å²) in [6.07, 6.45) is -2.38. The first-order valence-electron chi connectivity index (χ1n) is 6.56. The van der Waals surface area contributed by atoms with Gasteiger partial charge in [0.1, 0.15) is 6.61 Å². The van der Waals surface area contributed by atoms with Crippen molar-refractivity contribution in [3.8, 4) is 0 Å². The summed E-state index contributed by atoms with van der Waals surface area (Å²) in [5.74, 6) is -4.21. The molecular formula is C12H29N3O7. The summed E-state index contributed by atoms with van der Waals surface area (Å²) in [4.78, 5) is 30.3. The molecule has 1 unspecified atom stereocenters. The Bertz CT molecular complexity index is 271. The van der Waals surface area contributed by atoms with Crippen LogP contribution in [0.2, 0.25) is 0 Å². The molecule has 0 aliphatic heterocycles. The van der Waals surface area contributed by atoms with Crippen LogP contribution in [0.5, 0.6) is 0 Å². The van der Waals surface area contributed by atoms with E-state index in [4.69, 9.17) is 32.5 Å². The molecule has 0 heterocycles. The van der Waals surface area contributed by atoms with Gasteiger partial charge < -0.3 is 37.3 Å². The van der Waals surface area contributed by atoms with Crippen molar-refractivity contribution < 1.29 is 34.4 Å². The molecule has 0 amide bonds. The number of nitrogens with two attached hydrogens (primary N) is 3. The fraction of sp³-hybridized carbons (Fsp3) is 0.750. The lowest BCUT2D eigenvalue weighted by Crippen LogP contribution is -2.29. The molecule has 0 fully saturated rings. The molecule has 0 rings (SSSR count). The minimum Gasteiger partial charge on any atom is -0.481 e. The second-order valence-corrected chi connectivity index (χ2v) is 3.35. The Morgan fingerprint density at radius 3 is 1.36 bits per heavy atom. The molecule has 9 N–H and O–H groups in total. The van der Waals surface area contributed by atoms with E-state index < -0.39 is 37.0 Å². The fourth-order valence-corrected chi connectivity index (χ4v) is 0.548. The van der Waals surface area contributed by atoms with Gasteiger partial charge in [-0.3, -0.25) is 4.79 Å². The topological polar surface area (TPSA) is 199 Å². The fourth-order valence-electron chi connectivity index (χ4n) is 0.548. The van der Waals surface area contributed by atoms with Crippen LogP contribution in [0.25, 0.3) is 0 Å². The van der Waals surface area contributed by atoms with Gasteiger partial charge in [-0.15, -0.1) is 0 Å². The zero-order valence-electron chi connectivity index (χ0n) is 13.3. The van der Waals surface area contributed by atoms with Crippen LogP contribution in [0.4, 0.5) is 0 Å². The van der Waals surface area contributed by atoms with Crippen LogP contribution in [0, 0.1) is 0 Å². The van der Waals surface area contributed by atoms with Crippen molar-refractivity contribution in [2.75, 3.05) is 26.2 Å². The largest absolute Gasteiger partial charge is 0.481 e. The monoisotopic (exact) mass is 327 g/mol. The predicted molar refractivity (Wildman–Crippen MR) is 81.4 cm³/mol. The Kier molecular flexibility index (Phi) is 31.4. The van der Waals surface area contributed by atoms with Gasteiger partial charge >= 0.3 is 17.9 Å². The minimum atomic E-state index is -1.62. The van der Waals surface area contributed by atoms with Gasteiger partial charge in [-0.05, 0) is 19.6 Å². The van der Waals surface area contributed by atoms with Crippen molar-refractivity contribution in [1.82, 2.24) is 0 Å². The van der Waals surface area contributed by atoms with E-state index in [-0.39, 0.29) is 0 Å². The molecular weight excluding hydrogens is 298 g/mol. The second-order valence-electron chi connectivity index (χ2n) is 3.35. The number of aliphatic carboxylic acids is 3. The Labute approximate surface area is 130 Å². The summed E-state index contributed by atoms with van der Waals surface area (Å²) in [6.45, 7) is 7.13. The zero-order valence-corrected chi connectivity index (χ0v) is 13.3. The molecule has 10 nitrogen and oxygen atoms in total. The molecule has 1 atom stereocenters. The number of hydrogen-bond acceptors (Lipinski definition) is 7. The molecule has 0 aromatic heterocycles. The highest BCUT2D eigenvalue weighted by atomic mass is 16.5. The highest BCUT2D eigenvalue weighted by Crippen LogP contribution is 1.98. The van der Waals surface area contributed by atoms with E-state index >= 15 is 0 Å². The van der Waals surface area contributed by atoms with Crippen molar-refractivity contribution in [1.29, 1.82) is 0 Å². The van der Waals surface area contributed by atoms with E-state index in [0.717, 1.165) is 19.6 Å². The summed E-state index contributed by atoms with van der Waals surface area (Å²) >= 11 is 0. The van der Waals surface area contributed by atoms with E-state index in [1.54, 1.807) is 0 Å². The first kappa shape index (κ1) is 28.4. The third-order valence-electron chi connectivity index (χ3n) is 1.04. The van der Waals surface area contributed by atoms with Crippen LogP contribution < -0.4 is 17.2 Å². The second kappa shape index (κ2) is 24.3. The molecule has 134 valence electrons. The minimum absolute atomic E-state index is 0.750. The molecule has 0 saturated heterocycles. The quantitative estimate of drug-likeness (QED) is 0.348. The Hall–Kier alpha value is -1.75. The lowest BCUT2D eigenvalue weighted by molar-refractivity contribution is -0.161. The first-order chi connectivity index (χ1) is 10.2. The highest BCUT2D eigenvalue weighted by Gasteiger charge is 2.22. The van der Waals surface area contributed by atoms with Crippen molar-refractivity contribution in [3.63, 3.8) is 0 Å². The molecule has 0 aromatic rings. The summed E-state index contributed by atoms with van der Waals surface area (Å²) in [5, 5.41) is 24.7. The molecule has 0 aromatic carbocycles. The lowest BCUT2D eigenvalue weighted by Gasteiger charge is -2.08. The maximum absolute atomic E-state index is 10.3. The number of hydrogen-bond donors (Lipinski definition) is 6. The van der Waals surface area contributed by atoms with Gasteiger partial charge in [0.05, 0.1) is 6.42 Å². The van der Waals surface area contributed by atoms with E-state index in [9.17, 15) is 14.4 Å². The number of carboxylic acid groups (broad SMARTS) is 3. The predicted octanol–water partition coefficient (Wildman–Crippen LogP) is -1.09. The number of ether oxygens (including phenoxy) is 1. The summed E-state index contributed by atoms with van der Waals surface area (Å²) in [5.41, 5.74) is 14.5. The molecule has 0 aliphatic rings. The van der Waals surface area contributed by atoms with Gasteiger partial charge in [-0.1, -0.05) is 20.8 Å². The van der Waals surface area contributed by atoms with Crippen LogP contribution in [0.3, 0.4) is 0 Å². The van der Waals surface area contributed by atoms with Crippen molar-refractivity contribution in [3.05, 3.63) is 0 Å². The van der Waals surface area contributed by atoms with Crippen LogP contribution >= 0.6 is 0 Å². The summed E-state index contributed by atoms with van der Waals surface area (Å²) in [6, 6.07) is 0. The van der Waals surface area contributed by atoms with Crippen molar-refractivity contribution in [2.24, 2.45) is 17.2 Å². The Morgan fingerprint density at radius 2 is 1.18 bits per heavy atom. The molecule has 0 saturated carbocycles. The Balaban J connectivity index is -0.000000148. The van der Waals surface area contributed by atoms with Gasteiger partial charge in [0.2, 0.25) is 0 Å². The van der Waals surface area contributed by atoms with Gasteiger partial charge in [-0.2, -0.15) is 0 Å². The number of rotatable bonds is 6. The molecule has 0 spiro atoms. The lowest BCUT2D eigenvalue weighted by atomic mass is 10.2. The smallest absolute Gasteiger partial charge is 0.333 e. The maximum Gasteiger partial charge on any atom is 0.333 e. The van der Waals surface area contributed by atoms with Gasteiger partial charge in [0, 0.05) is 0 Å². The molecule has 0 bridgehead atoms. The van der Waals surface area contributed by atoms with E-state index in [2.05, 4.69) is 4.74 Å². The normalized spacial score (nSPS) is 9.55. The van der Waals surface area contributed by atoms with E-state index in [0.29, 0.717) is 0 Å². The van der Waals surface area contributed by atoms with Crippen LogP contribution in [-0.4, -0.2) is 65.6 Å². The Morgan fingerprint density at radius 1 is 0.864 bits per heavy atom. The SMILES string of the molecule is CCN.CCN.CCN.O=C(O)COC(CC(=O)O)C(=O)O. The van der Waals surface area contributed by atoms with Crippen LogP contribution in [-0.2, 0) is 19.1 Å². The van der Waals surface area contributed by atoms with Gasteiger partial charge in [0.15, 0.2) is 6.10 Å². The molecule has 22 heavy (non-hydrogen) atoms. The van der Waals surface area contributed by atoms with Crippen molar-refractivity contribution >= 4 is 17.9 Å². The third-order valence-corrected chi connectivity index (χ3v) is 1.04. The summed E-state index contributed by atoms with van der Waals surface area (Å²) in [7, 11) is 0. The highest BCUT2D eigenvalue weighted by molar-refractivity contribution is 5.80. The summed E-state index contributed by atoms with van der Waals surface area (Å²) < 4.78 is 4.30. The van der Waals surface area contributed by atoms with Crippen molar-refractivity contribution in [2.45, 2.75) is 33.3 Å². The van der Waals surface area contributed by atoms with Gasteiger partial charge in [-0.25, -0.2) is 9.59 Å². The number of carbonyl (C=O) groups is 3.